The summed E-state index contributed by atoms with van der Waals surface area (Å²) in [5.74, 6) is 1.96. The van der Waals surface area contributed by atoms with E-state index in [-0.39, 0.29) is 5.92 Å². The van der Waals surface area contributed by atoms with Crippen LogP contribution in [0.4, 0.5) is 5.82 Å². The molecule has 0 saturated heterocycles. The summed E-state index contributed by atoms with van der Waals surface area (Å²) in [5, 5.41) is 5.51. The third-order valence-corrected chi connectivity index (χ3v) is 3.85. The molecule has 6 nitrogen and oxygen atoms in total. The molecule has 3 aromatic heterocycles. The first kappa shape index (κ1) is 18.8. The van der Waals surface area contributed by atoms with Gasteiger partial charge in [0.1, 0.15) is 11.6 Å². The predicted octanol–water partition coefficient (Wildman–Crippen LogP) is 4.12. The van der Waals surface area contributed by atoms with Crippen molar-refractivity contribution in [1.29, 1.82) is 0 Å². The minimum absolute atomic E-state index is 0.267. The van der Waals surface area contributed by atoms with Crippen molar-refractivity contribution in [3.63, 3.8) is 0 Å². The van der Waals surface area contributed by atoms with Crippen LogP contribution >= 0.6 is 0 Å². The number of nitrogens with zero attached hydrogens (tertiary/aromatic N) is 5. The van der Waals surface area contributed by atoms with Crippen molar-refractivity contribution in [2.45, 2.75) is 59.9 Å². The zero-order valence-corrected chi connectivity index (χ0v) is 16.0. The Bertz CT molecular complexity index is 835. The molecular weight excluding hydrogens is 312 g/mol. The zero-order chi connectivity index (χ0) is 18.6. The minimum Gasteiger partial charge on any atom is -0.383 e. The van der Waals surface area contributed by atoms with Crippen LogP contribution in [0.25, 0.3) is 11.0 Å². The van der Waals surface area contributed by atoms with Gasteiger partial charge in [0.15, 0.2) is 5.65 Å². The molecule has 0 aliphatic heterocycles. The topological polar surface area (TPSA) is 82.5 Å². The van der Waals surface area contributed by atoms with E-state index in [2.05, 4.69) is 37.8 Å². The quantitative estimate of drug-likeness (QED) is 0.772. The molecule has 3 aromatic rings. The van der Waals surface area contributed by atoms with Crippen molar-refractivity contribution < 1.29 is 0 Å². The molecule has 0 radical (unpaired) electrons. The predicted molar refractivity (Wildman–Crippen MR) is 103 cm³/mol. The molecule has 0 aliphatic rings. The molecule has 6 heteroatoms. The van der Waals surface area contributed by atoms with Crippen LogP contribution in [0.3, 0.4) is 0 Å². The molecule has 0 atom stereocenters. The van der Waals surface area contributed by atoms with Crippen molar-refractivity contribution in [3.8, 4) is 0 Å². The molecule has 3 rings (SSSR count). The molecule has 0 bridgehead atoms. The van der Waals surface area contributed by atoms with Crippen LogP contribution in [0, 0.1) is 0 Å². The van der Waals surface area contributed by atoms with Gasteiger partial charge in [0.25, 0.3) is 0 Å². The van der Waals surface area contributed by atoms with Gasteiger partial charge in [0.2, 0.25) is 0 Å². The summed E-state index contributed by atoms with van der Waals surface area (Å²) in [7, 11) is 0. The summed E-state index contributed by atoms with van der Waals surface area (Å²) in [6.45, 7) is 13.0. The molecular formula is C19H28N6. The second-order valence-corrected chi connectivity index (χ2v) is 6.36. The lowest BCUT2D eigenvalue weighted by atomic mass is 10.1. The summed E-state index contributed by atoms with van der Waals surface area (Å²) in [5.41, 5.74) is 8.79. The van der Waals surface area contributed by atoms with Crippen LogP contribution in [0.5, 0.6) is 0 Å². The maximum Gasteiger partial charge on any atom is 0.162 e. The van der Waals surface area contributed by atoms with Crippen LogP contribution in [-0.2, 0) is 6.54 Å². The average Bonchev–Trinajstić information content (AvgIpc) is 3.00. The van der Waals surface area contributed by atoms with Gasteiger partial charge in [-0.3, -0.25) is 0 Å². The molecule has 0 aliphatic carbocycles. The first-order chi connectivity index (χ1) is 12.0. The van der Waals surface area contributed by atoms with Crippen LogP contribution in [0.15, 0.2) is 24.5 Å². The SMILES string of the molecule is CC.CC(C)c1nc(C(C)C)c2cnn(Cc3cccnc3N)c2n1. The Labute approximate surface area is 149 Å². The molecule has 0 saturated carbocycles. The third-order valence-electron chi connectivity index (χ3n) is 3.85. The number of nitrogen functional groups attached to an aromatic ring is 1. The Balaban J connectivity index is 0.00000109. The number of anilines is 1. The first-order valence-corrected chi connectivity index (χ1v) is 8.90. The monoisotopic (exact) mass is 340 g/mol. The normalized spacial score (nSPS) is 11.0. The van der Waals surface area contributed by atoms with Gasteiger partial charge in [-0.2, -0.15) is 5.10 Å². The van der Waals surface area contributed by atoms with E-state index in [9.17, 15) is 0 Å². The van der Waals surface area contributed by atoms with Gasteiger partial charge in [-0.05, 0) is 12.0 Å². The van der Waals surface area contributed by atoms with Crippen LogP contribution in [-0.4, -0.2) is 24.7 Å². The standard InChI is InChI=1S/C17H22N6.C2H6/c1-10(2)14-13-8-20-23(9-12-6-5-7-19-15(12)18)17(13)22-16(21-14)11(3)4;1-2/h5-8,10-11H,9H2,1-4H3,(H2,18,19);1-2H3. The second kappa shape index (κ2) is 8.05. The van der Waals surface area contributed by atoms with Crippen molar-refractivity contribution >= 4 is 16.9 Å². The second-order valence-electron chi connectivity index (χ2n) is 6.36. The van der Waals surface area contributed by atoms with Gasteiger partial charge >= 0.3 is 0 Å². The molecule has 3 heterocycles. The summed E-state index contributed by atoms with van der Waals surface area (Å²) in [6.07, 6.45) is 3.54. The highest BCUT2D eigenvalue weighted by Crippen LogP contribution is 2.25. The summed E-state index contributed by atoms with van der Waals surface area (Å²) < 4.78 is 1.88. The third kappa shape index (κ3) is 3.95. The fourth-order valence-electron chi connectivity index (χ4n) is 2.55. The van der Waals surface area contributed by atoms with Crippen molar-refractivity contribution in [2.75, 3.05) is 5.73 Å². The van der Waals surface area contributed by atoms with E-state index in [0.29, 0.717) is 18.3 Å². The van der Waals surface area contributed by atoms with Crippen LogP contribution < -0.4 is 5.73 Å². The lowest BCUT2D eigenvalue weighted by molar-refractivity contribution is 0.690. The Kier molecular flexibility index (Phi) is 6.07. The number of aromatic nitrogens is 5. The zero-order valence-electron chi connectivity index (χ0n) is 16.0. The fraction of sp³-hybridized carbons (Fsp3) is 0.474. The van der Waals surface area contributed by atoms with Crippen LogP contribution in [0.2, 0.25) is 0 Å². The largest absolute Gasteiger partial charge is 0.383 e. The van der Waals surface area contributed by atoms with Gasteiger partial charge in [-0.25, -0.2) is 19.6 Å². The summed E-state index contributed by atoms with van der Waals surface area (Å²) in [6, 6.07) is 3.84. The minimum atomic E-state index is 0.267. The van der Waals surface area contributed by atoms with E-state index in [1.807, 2.05) is 36.9 Å². The van der Waals surface area contributed by atoms with Gasteiger partial charge in [0.05, 0.1) is 23.8 Å². The van der Waals surface area contributed by atoms with E-state index in [4.69, 9.17) is 15.7 Å². The Morgan fingerprint density at radius 2 is 1.80 bits per heavy atom. The molecule has 0 aromatic carbocycles. The lowest BCUT2D eigenvalue weighted by Gasteiger charge is -2.12. The molecule has 0 unspecified atom stereocenters. The number of hydrogen-bond donors (Lipinski definition) is 1. The highest BCUT2D eigenvalue weighted by atomic mass is 15.3. The number of rotatable bonds is 4. The summed E-state index contributed by atoms with van der Waals surface area (Å²) in [4.78, 5) is 13.6. The molecule has 0 fully saturated rings. The number of hydrogen-bond acceptors (Lipinski definition) is 5. The van der Waals surface area contributed by atoms with E-state index in [1.54, 1.807) is 6.20 Å². The number of pyridine rings is 1. The van der Waals surface area contributed by atoms with Crippen molar-refractivity contribution in [3.05, 3.63) is 41.6 Å². The van der Waals surface area contributed by atoms with E-state index in [0.717, 1.165) is 28.1 Å². The van der Waals surface area contributed by atoms with Gasteiger partial charge in [-0.1, -0.05) is 47.6 Å². The number of fused-ring (bicyclic) bond motifs is 1. The van der Waals surface area contributed by atoms with Crippen molar-refractivity contribution in [1.82, 2.24) is 24.7 Å². The average molecular weight is 340 g/mol. The Hall–Kier alpha value is -2.50. The van der Waals surface area contributed by atoms with Gasteiger partial charge in [0, 0.05) is 17.7 Å². The maximum atomic E-state index is 5.95. The Morgan fingerprint density at radius 1 is 1.08 bits per heavy atom. The molecule has 0 spiro atoms. The van der Waals surface area contributed by atoms with E-state index in [1.165, 1.54) is 0 Å². The molecule has 2 N–H and O–H groups in total. The van der Waals surface area contributed by atoms with Crippen molar-refractivity contribution in [2.24, 2.45) is 0 Å². The van der Waals surface area contributed by atoms with E-state index >= 15 is 0 Å². The van der Waals surface area contributed by atoms with Gasteiger partial charge < -0.3 is 5.73 Å². The molecule has 25 heavy (non-hydrogen) atoms. The molecule has 134 valence electrons. The van der Waals surface area contributed by atoms with Gasteiger partial charge in [-0.15, -0.1) is 0 Å². The lowest BCUT2D eigenvalue weighted by Crippen LogP contribution is -2.09. The fourth-order valence-corrected chi connectivity index (χ4v) is 2.55. The maximum absolute atomic E-state index is 5.95. The highest BCUT2D eigenvalue weighted by Gasteiger charge is 2.17. The molecule has 0 amide bonds. The number of nitrogens with two attached hydrogens (primary N) is 1. The summed E-state index contributed by atoms with van der Waals surface area (Å²) >= 11 is 0. The highest BCUT2D eigenvalue weighted by molar-refractivity contribution is 5.78. The van der Waals surface area contributed by atoms with E-state index < -0.39 is 0 Å². The smallest absolute Gasteiger partial charge is 0.162 e. The first-order valence-electron chi connectivity index (χ1n) is 8.90. The Morgan fingerprint density at radius 3 is 2.40 bits per heavy atom. The van der Waals surface area contributed by atoms with Crippen LogP contribution in [0.1, 0.15) is 70.5 Å².